The van der Waals surface area contributed by atoms with E-state index in [9.17, 15) is 0 Å². The first-order valence-electron chi connectivity index (χ1n) is 4.33. The van der Waals surface area contributed by atoms with Gasteiger partial charge in [0.25, 0.3) is 0 Å². The van der Waals surface area contributed by atoms with E-state index in [0.29, 0.717) is 0 Å². The predicted molar refractivity (Wildman–Crippen MR) is 53.3 cm³/mol. The summed E-state index contributed by atoms with van der Waals surface area (Å²) in [4.78, 5) is 4.31. The van der Waals surface area contributed by atoms with E-state index >= 15 is 0 Å². The summed E-state index contributed by atoms with van der Waals surface area (Å²) in [6.07, 6.45) is 0. The quantitative estimate of drug-likeness (QED) is 0.650. The molecule has 0 saturated heterocycles. The molecule has 1 N–H and O–H groups in total. The molecule has 3 heteroatoms. The average Bonchev–Trinajstić information content (AvgIpc) is 2.39. The molecule has 3 nitrogen and oxygen atoms in total. The Kier molecular flexibility index (Phi) is 2.17. The number of fused-ring (bicyclic) bond motifs is 1. The highest BCUT2D eigenvalue weighted by Gasteiger charge is 2.10. The molecule has 0 unspecified atom stereocenters. The van der Waals surface area contributed by atoms with Gasteiger partial charge in [-0.25, -0.2) is 4.99 Å². The molecular formula is C10H12N2O. The Hall–Kier alpha value is -1.51. The summed E-state index contributed by atoms with van der Waals surface area (Å²) in [5.74, 6) is 0.723. The highest BCUT2D eigenvalue weighted by molar-refractivity contribution is 5.99. The van der Waals surface area contributed by atoms with Crippen LogP contribution in [-0.2, 0) is 4.74 Å². The number of aliphatic imine (C=N–C) groups is 1. The molecule has 0 radical (unpaired) electrons. The highest BCUT2D eigenvalue weighted by Crippen LogP contribution is 2.17. The lowest BCUT2D eigenvalue weighted by atomic mass is 10.2. The van der Waals surface area contributed by atoms with Crippen LogP contribution in [0.3, 0.4) is 0 Å². The third-order valence-corrected chi connectivity index (χ3v) is 2.03. The predicted octanol–water partition coefficient (Wildman–Crippen LogP) is 1.51. The monoisotopic (exact) mass is 176 g/mol. The number of para-hydroxylation sites is 1. The van der Waals surface area contributed by atoms with Gasteiger partial charge in [0, 0.05) is 12.2 Å². The molecule has 1 aliphatic rings. The van der Waals surface area contributed by atoms with Crippen LogP contribution >= 0.6 is 0 Å². The van der Waals surface area contributed by atoms with Gasteiger partial charge in [-0.2, -0.15) is 0 Å². The minimum Gasteiger partial charge on any atom is -0.481 e. The van der Waals surface area contributed by atoms with Gasteiger partial charge in [-0.15, -0.1) is 0 Å². The smallest absolute Gasteiger partial charge is 0.217 e. The number of nitrogens with zero attached hydrogens (tertiary/aromatic N) is 1. The second kappa shape index (κ2) is 3.47. The summed E-state index contributed by atoms with van der Waals surface area (Å²) >= 11 is 0. The number of nitrogens with one attached hydrogen (secondary N) is 1. The van der Waals surface area contributed by atoms with Crippen LogP contribution in [0.25, 0.3) is 0 Å². The van der Waals surface area contributed by atoms with Crippen molar-refractivity contribution >= 4 is 11.6 Å². The lowest BCUT2D eigenvalue weighted by Crippen LogP contribution is -2.04. The Morgan fingerprint density at radius 3 is 3.08 bits per heavy atom. The Morgan fingerprint density at radius 2 is 2.23 bits per heavy atom. The van der Waals surface area contributed by atoms with Crippen molar-refractivity contribution in [3.63, 3.8) is 0 Å². The minimum atomic E-state index is 0.723. The van der Waals surface area contributed by atoms with Gasteiger partial charge in [-0.05, 0) is 12.1 Å². The van der Waals surface area contributed by atoms with Gasteiger partial charge in [-0.1, -0.05) is 12.1 Å². The van der Waals surface area contributed by atoms with E-state index in [-0.39, 0.29) is 0 Å². The zero-order chi connectivity index (χ0) is 9.10. The lowest BCUT2D eigenvalue weighted by Gasteiger charge is -2.07. The maximum absolute atomic E-state index is 5.21. The van der Waals surface area contributed by atoms with Gasteiger partial charge in [0.05, 0.1) is 19.2 Å². The van der Waals surface area contributed by atoms with E-state index in [1.165, 1.54) is 0 Å². The molecular weight excluding hydrogens is 164 g/mol. The molecule has 2 rings (SSSR count). The minimum absolute atomic E-state index is 0.723. The number of methoxy groups -OCH3 is 1. The molecule has 1 aromatic rings. The van der Waals surface area contributed by atoms with Crippen LogP contribution in [0, 0.1) is 0 Å². The summed E-state index contributed by atoms with van der Waals surface area (Å²) < 4.78 is 5.21. The lowest BCUT2D eigenvalue weighted by molar-refractivity contribution is 0.403. The van der Waals surface area contributed by atoms with Crippen molar-refractivity contribution in [3.8, 4) is 0 Å². The van der Waals surface area contributed by atoms with Crippen LogP contribution in [0.5, 0.6) is 0 Å². The number of anilines is 1. The molecule has 0 saturated carbocycles. The van der Waals surface area contributed by atoms with Crippen molar-refractivity contribution < 1.29 is 4.74 Å². The van der Waals surface area contributed by atoms with Crippen LogP contribution in [-0.4, -0.2) is 26.1 Å². The molecule has 68 valence electrons. The van der Waals surface area contributed by atoms with E-state index in [4.69, 9.17) is 4.74 Å². The fourth-order valence-electron chi connectivity index (χ4n) is 1.43. The standard InChI is InChI=1S/C10H12N2O/c1-13-10-8-4-2-3-5-9(8)11-6-7-12-10/h2-5,11H,6-7H2,1H3. The largest absolute Gasteiger partial charge is 0.481 e. The summed E-state index contributed by atoms with van der Waals surface area (Å²) in [5.41, 5.74) is 2.14. The van der Waals surface area contributed by atoms with Crippen molar-refractivity contribution in [1.29, 1.82) is 0 Å². The van der Waals surface area contributed by atoms with Crippen molar-refractivity contribution in [2.45, 2.75) is 0 Å². The second-order valence-electron chi connectivity index (χ2n) is 2.86. The molecule has 0 spiro atoms. The van der Waals surface area contributed by atoms with Crippen LogP contribution in [0.4, 0.5) is 5.69 Å². The zero-order valence-corrected chi connectivity index (χ0v) is 7.58. The third kappa shape index (κ3) is 1.49. The average molecular weight is 176 g/mol. The number of hydrogen-bond acceptors (Lipinski definition) is 3. The summed E-state index contributed by atoms with van der Waals surface area (Å²) in [6, 6.07) is 8.04. The number of ether oxygens (including phenoxy) is 1. The van der Waals surface area contributed by atoms with E-state index in [0.717, 1.165) is 30.2 Å². The van der Waals surface area contributed by atoms with Crippen molar-refractivity contribution in [3.05, 3.63) is 29.8 Å². The molecule has 1 aliphatic heterocycles. The first-order chi connectivity index (χ1) is 6.42. The fraction of sp³-hybridized carbons (Fsp3) is 0.300. The van der Waals surface area contributed by atoms with Crippen LogP contribution < -0.4 is 5.32 Å². The highest BCUT2D eigenvalue weighted by atomic mass is 16.5. The van der Waals surface area contributed by atoms with Gasteiger partial charge in [-0.3, -0.25) is 0 Å². The van der Waals surface area contributed by atoms with Crippen LogP contribution in [0.15, 0.2) is 29.3 Å². The SMILES string of the molecule is COC1=NCCNc2ccccc21. The summed E-state index contributed by atoms with van der Waals surface area (Å²) in [5, 5.41) is 3.29. The Labute approximate surface area is 77.4 Å². The zero-order valence-electron chi connectivity index (χ0n) is 7.58. The maximum Gasteiger partial charge on any atom is 0.217 e. The van der Waals surface area contributed by atoms with E-state index in [1.807, 2.05) is 24.3 Å². The second-order valence-corrected chi connectivity index (χ2v) is 2.86. The molecule has 0 atom stereocenters. The van der Waals surface area contributed by atoms with E-state index < -0.39 is 0 Å². The molecule has 0 aliphatic carbocycles. The third-order valence-electron chi connectivity index (χ3n) is 2.03. The van der Waals surface area contributed by atoms with Gasteiger partial charge in [0.1, 0.15) is 0 Å². The van der Waals surface area contributed by atoms with Crippen molar-refractivity contribution in [2.24, 2.45) is 4.99 Å². The molecule has 1 heterocycles. The molecule has 1 aromatic carbocycles. The Bertz CT molecular complexity index is 333. The number of benzene rings is 1. The normalized spacial score (nSPS) is 15.0. The number of benzodiazepines with no additional fused rings is 1. The van der Waals surface area contributed by atoms with E-state index in [1.54, 1.807) is 7.11 Å². The van der Waals surface area contributed by atoms with Crippen LogP contribution in [0.1, 0.15) is 5.56 Å². The van der Waals surface area contributed by atoms with Crippen molar-refractivity contribution in [2.75, 3.05) is 25.5 Å². The first-order valence-corrected chi connectivity index (χ1v) is 4.33. The van der Waals surface area contributed by atoms with Crippen LogP contribution in [0.2, 0.25) is 0 Å². The molecule has 0 amide bonds. The first kappa shape index (κ1) is 8.10. The topological polar surface area (TPSA) is 33.6 Å². The summed E-state index contributed by atoms with van der Waals surface area (Å²) in [6.45, 7) is 1.63. The van der Waals surface area contributed by atoms with E-state index in [2.05, 4.69) is 10.3 Å². The molecule has 13 heavy (non-hydrogen) atoms. The van der Waals surface area contributed by atoms with Gasteiger partial charge >= 0.3 is 0 Å². The molecule has 0 fully saturated rings. The Morgan fingerprint density at radius 1 is 1.38 bits per heavy atom. The molecule has 0 bridgehead atoms. The molecule has 0 aromatic heterocycles. The fourth-order valence-corrected chi connectivity index (χ4v) is 1.43. The van der Waals surface area contributed by atoms with Crippen molar-refractivity contribution in [1.82, 2.24) is 0 Å². The van der Waals surface area contributed by atoms with Gasteiger partial charge in [0.2, 0.25) is 5.90 Å². The van der Waals surface area contributed by atoms with Gasteiger partial charge < -0.3 is 10.1 Å². The maximum atomic E-state index is 5.21. The van der Waals surface area contributed by atoms with Gasteiger partial charge in [0.15, 0.2) is 0 Å². The number of rotatable bonds is 0. The summed E-state index contributed by atoms with van der Waals surface area (Å²) in [7, 11) is 1.65. The Balaban J connectivity index is 2.47. The number of hydrogen-bond donors (Lipinski definition) is 1.